The molecule has 0 aromatic heterocycles. The molecule has 1 amide bonds. The molecule has 162 valence electrons. The van der Waals surface area contributed by atoms with Crippen LogP contribution in [-0.2, 0) is 11.4 Å². The summed E-state index contributed by atoms with van der Waals surface area (Å²) in [5.41, 5.74) is 1.91. The number of hydrogen-bond acceptors (Lipinski definition) is 5. The summed E-state index contributed by atoms with van der Waals surface area (Å²) in [5.74, 6) is 0.395. The van der Waals surface area contributed by atoms with E-state index in [0.717, 1.165) is 11.3 Å². The highest BCUT2D eigenvalue weighted by molar-refractivity contribution is 9.10. The number of amides is 1. The molecule has 0 radical (unpaired) electrons. The smallest absolute Gasteiger partial charge is 0.270 e. The zero-order chi connectivity index (χ0) is 22.7. The zero-order valence-corrected chi connectivity index (χ0v) is 20.1. The van der Waals surface area contributed by atoms with Gasteiger partial charge in [-0.25, -0.2) is 4.39 Å². The van der Waals surface area contributed by atoms with Crippen LogP contribution in [0, 0.1) is 5.82 Å². The molecule has 32 heavy (non-hydrogen) atoms. The highest BCUT2D eigenvalue weighted by atomic mass is 79.9. The normalized spacial score (nSPS) is 14.8. The monoisotopic (exact) mass is 529 g/mol. The van der Waals surface area contributed by atoms with Gasteiger partial charge < -0.3 is 9.47 Å². The molecular weight excluding hydrogens is 513 g/mol. The zero-order valence-electron chi connectivity index (χ0n) is 16.9. The molecule has 1 aliphatic heterocycles. The van der Waals surface area contributed by atoms with Gasteiger partial charge in [0.25, 0.3) is 5.91 Å². The second-order valence-electron chi connectivity index (χ2n) is 6.77. The number of carbonyl (C=O) groups excluding carboxylic acids is 1. The molecule has 8 heteroatoms. The fourth-order valence-electron chi connectivity index (χ4n) is 3.15. The summed E-state index contributed by atoms with van der Waals surface area (Å²) in [6, 6.07) is 19.3. The van der Waals surface area contributed by atoms with Crippen LogP contribution in [-0.4, -0.2) is 17.3 Å². The van der Waals surface area contributed by atoms with Crippen LogP contribution in [0.3, 0.4) is 0 Å². The van der Waals surface area contributed by atoms with Crippen molar-refractivity contribution in [2.75, 3.05) is 12.0 Å². The van der Waals surface area contributed by atoms with E-state index in [-0.39, 0.29) is 18.3 Å². The third-order valence-electron chi connectivity index (χ3n) is 4.69. The van der Waals surface area contributed by atoms with Crippen LogP contribution in [0.5, 0.6) is 11.5 Å². The quantitative estimate of drug-likeness (QED) is 0.266. The number of benzene rings is 3. The molecule has 0 bridgehead atoms. The molecule has 0 aliphatic carbocycles. The number of carbonyl (C=O) groups is 1. The lowest BCUT2D eigenvalue weighted by Crippen LogP contribution is -2.27. The summed E-state index contributed by atoms with van der Waals surface area (Å²) in [5, 5.41) is 0. The molecule has 0 saturated carbocycles. The number of halogens is 2. The van der Waals surface area contributed by atoms with Gasteiger partial charge in [0.15, 0.2) is 15.8 Å². The van der Waals surface area contributed by atoms with Gasteiger partial charge in [-0.1, -0.05) is 60.4 Å². The molecule has 1 heterocycles. The second kappa shape index (κ2) is 9.85. The van der Waals surface area contributed by atoms with Gasteiger partial charge in [0.2, 0.25) is 0 Å². The molecule has 1 fully saturated rings. The second-order valence-corrected chi connectivity index (χ2v) is 9.30. The summed E-state index contributed by atoms with van der Waals surface area (Å²) in [6.45, 7) is 0.0523. The molecule has 0 N–H and O–H groups in total. The highest BCUT2D eigenvalue weighted by Gasteiger charge is 2.33. The third-order valence-corrected chi connectivity index (χ3v) is 6.58. The van der Waals surface area contributed by atoms with E-state index in [0.29, 0.717) is 30.8 Å². The van der Waals surface area contributed by atoms with E-state index >= 15 is 0 Å². The molecule has 0 spiro atoms. The number of thiocarbonyl (C=S) groups is 1. The average molecular weight is 530 g/mol. The first kappa shape index (κ1) is 22.5. The third kappa shape index (κ3) is 4.72. The van der Waals surface area contributed by atoms with Gasteiger partial charge >= 0.3 is 0 Å². The van der Waals surface area contributed by atoms with E-state index < -0.39 is 0 Å². The summed E-state index contributed by atoms with van der Waals surface area (Å²) >= 11 is 10.2. The maximum atomic E-state index is 13.9. The van der Waals surface area contributed by atoms with Crippen molar-refractivity contribution in [3.05, 3.63) is 93.1 Å². The molecule has 4 rings (SSSR count). The number of para-hydroxylation sites is 1. The fourth-order valence-corrected chi connectivity index (χ4v) is 5.02. The van der Waals surface area contributed by atoms with E-state index in [1.54, 1.807) is 30.3 Å². The molecule has 3 aromatic rings. The van der Waals surface area contributed by atoms with Crippen LogP contribution in [0.4, 0.5) is 10.1 Å². The number of ether oxygens (including phenoxy) is 2. The van der Waals surface area contributed by atoms with Crippen LogP contribution in [0.15, 0.2) is 76.1 Å². The van der Waals surface area contributed by atoms with Gasteiger partial charge in [-0.3, -0.25) is 9.69 Å². The van der Waals surface area contributed by atoms with Gasteiger partial charge in [0, 0.05) is 5.56 Å². The first-order valence-electron chi connectivity index (χ1n) is 9.54. The Morgan fingerprint density at radius 3 is 2.56 bits per heavy atom. The largest absolute Gasteiger partial charge is 0.493 e. The standard InChI is InChI=1S/C24H17BrFNO3S2/c1-29-20-12-15(11-18(25)22(20)30-14-16-7-5-6-10-19(16)26)13-21-23(28)27(24(31)32-21)17-8-3-2-4-9-17/h2-13H,14H2,1H3/b21-13+. The number of rotatable bonds is 6. The van der Waals surface area contributed by atoms with Crippen LogP contribution < -0.4 is 14.4 Å². The van der Waals surface area contributed by atoms with Crippen molar-refractivity contribution >= 4 is 61.9 Å². The SMILES string of the molecule is COc1cc(/C=C2/SC(=S)N(c3ccccc3)C2=O)cc(Br)c1OCc1ccccc1F. The molecule has 1 saturated heterocycles. The maximum absolute atomic E-state index is 13.9. The minimum atomic E-state index is -0.334. The number of anilines is 1. The van der Waals surface area contributed by atoms with Crippen molar-refractivity contribution < 1.29 is 18.7 Å². The Bertz CT molecular complexity index is 1220. The van der Waals surface area contributed by atoms with E-state index in [1.165, 1.54) is 29.8 Å². The van der Waals surface area contributed by atoms with Gasteiger partial charge in [-0.15, -0.1) is 0 Å². The number of thioether (sulfide) groups is 1. The molecule has 0 atom stereocenters. The van der Waals surface area contributed by atoms with E-state index in [9.17, 15) is 9.18 Å². The molecule has 3 aromatic carbocycles. The van der Waals surface area contributed by atoms with Gasteiger partial charge in [-0.05, 0) is 57.9 Å². The Labute approximate surface area is 203 Å². The lowest BCUT2D eigenvalue weighted by molar-refractivity contribution is -0.113. The fraction of sp³-hybridized carbons (Fsp3) is 0.0833. The van der Waals surface area contributed by atoms with Crippen LogP contribution in [0.2, 0.25) is 0 Å². The minimum absolute atomic E-state index is 0.0523. The van der Waals surface area contributed by atoms with Crippen molar-refractivity contribution in [3.63, 3.8) is 0 Å². The van der Waals surface area contributed by atoms with Crippen LogP contribution in [0.1, 0.15) is 11.1 Å². The van der Waals surface area contributed by atoms with Gasteiger partial charge in [0.1, 0.15) is 12.4 Å². The van der Waals surface area contributed by atoms with E-state index in [2.05, 4.69) is 15.9 Å². The summed E-state index contributed by atoms with van der Waals surface area (Å²) in [4.78, 5) is 15.0. The number of hydrogen-bond donors (Lipinski definition) is 0. The first-order valence-corrected chi connectivity index (χ1v) is 11.6. The van der Waals surface area contributed by atoms with Crippen molar-refractivity contribution in [2.45, 2.75) is 6.61 Å². The Morgan fingerprint density at radius 1 is 1.12 bits per heavy atom. The predicted octanol–water partition coefficient (Wildman–Crippen LogP) is 6.58. The van der Waals surface area contributed by atoms with Crippen molar-refractivity contribution in [3.8, 4) is 11.5 Å². The lowest BCUT2D eigenvalue weighted by Gasteiger charge is -2.14. The Morgan fingerprint density at radius 2 is 1.84 bits per heavy atom. The summed E-state index contributed by atoms with van der Waals surface area (Å²) in [7, 11) is 1.52. The van der Waals surface area contributed by atoms with Gasteiger partial charge in [-0.2, -0.15) is 0 Å². The number of nitrogens with zero attached hydrogens (tertiary/aromatic N) is 1. The molecule has 1 aliphatic rings. The average Bonchev–Trinajstić information content (AvgIpc) is 3.07. The highest BCUT2D eigenvalue weighted by Crippen LogP contribution is 2.40. The Balaban J connectivity index is 1.59. The van der Waals surface area contributed by atoms with Gasteiger partial charge in [0.05, 0.1) is 22.2 Å². The van der Waals surface area contributed by atoms with E-state index in [4.69, 9.17) is 21.7 Å². The molecule has 0 unspecified atom stereocenters. The van der Waals surface area contributed by atoms with Crippen molar-refractivity contribution in [2.24, 2.45) is 0 Å². The maximum Gasteiger partial charge on any atom is 0.270 e. The summed E-state index contributed by atoms with van der Waals surface area (Å²) < 4.78 is 26.3. The lowest BCUT2D eigenvalue weighted by atomic mass is 10.1. The van der Waals surface area contributed by atoms with Crippen LogP contribution in [0.25, 0.3) is 6.08 Å². The Hall–Kier alpha value is -2.68. The van der Waals surface area contributed by atoms with Crippen molar-refractivity contribution in [1.82, 2.24) is 0 Å². The Kier molecular flexibility index (Phi) is 6.93. The first-order chi connectivity index (χ1) is 15.5. The van der Waals surface area contributed by atoms with Crippen LogP contribution >= 0.6 is 39.9 Å². The van der Waals surface area contributed by atoms with Crippen molar-refractivity contribution in [1.29, 1.82) is 0 Å². The van der Waals surface area contributed by atoms with E-state index in [1.807, 2.05) is 36.4 Å². The number of methoxy groups -OCH3 is 1. The predicted molar refractivity (Wildman–Crippen MR) is 134 cm³/mol. The molecule has 4 nitrogen and oxygen atoms in total. The summed E-state index contributed by atoms with van der Waals surface area (Å²) in [6.07, 6.45) is 1.76. The minimum Gasteiger partial charge on any atom is -0.493 e. The topological polar surface area (TPSA) is 38.8 Å². The molecular formula is C24H17BrFNO3S2.